The SMILES string of the molecule is O=C(O)COc1ccc(C(=O)c2ccccc2F)cc1. The molecule has 0 aliphatic carbocycles. The lowest BCUT2D eigenvalue weighted by molar-refractivity contribution is -0.139. The largest absolute Gasteiger partial charge is 0.482 e. The van der Waals surface area contributed by atoms with Crippen molar-refractivity contribution in [2.45, 2.75) is 0 Å². The van der Waals surface area contributed by atoms with Gasteiger partial charge in [-0.05, 0) is 36.4 Å². The molecule has 0 amide bonds. The number of ether oxygens (including phenoxy) is 1. The van der Waals surface area contributed by atoms with Crippen molar-refractivity contribution in [3.05, 3.63) is 65.5 Å². The molecular formula is C15H11FO4. The molecule has 0 spiro atoms. The van der Waals surface area contributed by atoms with Crippen molar-refractivity contribution in [3.8, 4) is 5.75 Å². The van der Waals surface area contributed by atoms with Crippen LogP contribution in [0.25, 0.3) is 0 Å². The Morgan fingerprint density at radius 2 is 1.70 bits per heavy atom. The molecule has 2 aromatic rings. The van der Waals surface area contributed by atoms with Gasteiger partial charge in [0.1, 0.15) is 11.6 Å². The summed E-state index contributed by atoms with van der Waals surface area (Å²) in [4.78, 5) is 22.4. The fourth-order valence-corrected chi connectivity index (χ4v) is 1.65. The lowest BCUT2D eigenvalue weighted by Gasteiger charge is -2.05. The lowest BCUT2D eigenvalue weighted by atomic mass is 10.0. The number of hydrogen-bond acceptors (Lipinski definition) is 3. The van der Waals surface area contributed by atoms with Crippen molar-refractivity contribution >= 4 is 11.8 Å². The normalized spacial score (nSPS) is 10.1. The third-order valence-electron chi connectivity index (χ3n) is 2.60. The van der Waals surface area contributed by atoms with Crippen LogP contribution >= 0.6 is 0 Å². The molecule has 5 heteroatoms. The summed E-state index contributed by atoms with van der Waals surface area (Å²) in [5, 5.41) is 8.48. The average Bonchev–Trinajstić information content (AvgIpc) is 2.45. The van der Waals surface area contributed by atoms with Gasteiger partial charge in [0.15, 0.2) is 12.4 Å². The van der Waals surface area contributed by atoms with Crippen LogP contribution in [0, 0.1) is 5.82 Å². The number of carboxylic acid groups (broad SMARTS) is 1. The molecule has 0 radical (unpaired) electrons. The molecule has 0 atom stereocenters. The Morgan fingerprint density at radius 3 is 2.30 bits per heavy atom. The summed E-state index contributed by atoms with van der Waals surface area (Å²) in [7, 11) is 0. The number of carboxylic acids is 1. The van der Waals surface area contributed by atoms with Gasteiger partial charge in [0, 0.05) is 5.56 Å². The minimum absolute atomic E-state index is 0.00768. The third kappa shape index (κ3) is 3.20. The van der Waals surface area contributed by atoms with Gasteiger partial charge in [-0.2, -0.15) is 0 Å². The van der Waals surface area contributed by atoms with Gasteiger partial charge in [0.25, 0.3) is 0 Å². The molecule has 102 valence electrons. The number of ketones is 1. The number of aliphatic carboxylic acids is 1. The van der Waals surface area contributed by atoms with Gasteiger partial charge in [-0.3, -0.25) is 4.79 Å². The molecule has 0 saturated heterocycles. The number of benzene rings is 2. The molecule has 0 fully saturated rings. The first-order chi connectivity index (χ1) is 9.58. The lowest BCUT2D eigenvalue weighted by Crippen LogP contribution is -2.09. The summed E-state index contributed by atoms with van der Waals surface area (Å²) in [6.45, 7) is -0.458. The van der Waals surface area contributed by atoms with Gasteiger partial charge in [0.05, 0.1) is 5.56 Å². The van der Waals surface area contributed by atoms with Crippen LogP contribution in [0.2, 0.25) is 0 Å². The van der Waals surface area contributed by atoms with E-state index in [9.17, 15) is 14.0 Å². The smallest absolute Gasteiger partial charge is 0.341 e. The first-order valence-electron chi connectivity index (χ1n) is 5.82. The van der Waals surface area contributed by atoms with E-state index in [0.717, 1.165) is 0 Å². The predicted octanol–water partition coefficient (Wildman–Crippen LogP) is 2.52. The van der Waals surface area contributed by atoms with Crippen LogP contribution in [-0.2, 0) is 4.79 Å². The maximum Gasteiger partial charge on any atom is 0.341 e. The van der Waals surface area contributed by atoms with Crippen molar-refractivity contribution in [1.82, 2.24) is 0 Å². The molecule has 4 nitrogen and oxygen atoms in total. The Kier molecular flexibility index (Phi) is 4.10. The number of carbonyl (C=O) groups is 2. The van der Waals surface area contributed by atoms with Crippen molar-refractivity contribution in [1.29, 1.82) is 0 Å². The van der Waals surface area contributed by atoms with Gasteiger partial charge in [-0.1, -0.05) is 12.1 Å². The molecule has 0 bridgehead atoms. The molecule has 2 rings (SSSR count). The van der Waals surface area contributed by atoms with E-state index >= 15 is 0 Å². The van der Waals surface area contributed by atoms with E-state index in [4.69, 9.17) is 9.84 Å². The van der Waals surface area contributed by atoms with Crippen LogP contribution in [0.3, 0.4) is 0 Å². The van der Waals surface area contributed by atoms with Crippen LogP contribution in [0.5, 0.6) is 5.75 Å². The zero-order valence-corrected chi connectivity index (χ0v) is 10.4. The van der Waals surface area contributed by atoms with Crippen LogP contribution in [-0.4, -0.2) is 23.5 Å². The van der Waals surface area contributed by atoms with Gasteiger partial charge >= 0.3 is 5.97 Å². The first kappa shape index (κ1) is 13.7. The van der Waals surface area contributed by atoms with Crippen molar-refractivity contribution < 1.29 is 23.8 Å². The zero-order valence-electron chi connectivity index (χ0n) is 10.4. The Morgan fingerprint density at radius 1 is 1.05 bits per heavy atom. The quantitative estimate of drug-likeness (QED) is 0.851. The van der Waals surface area contributed by atoms with Gasteiger partial charge in [0.2, 0.25) is 0 Å². The van der Waals surface area contributed by atoms with E-state index < -0.39 is 24.2 Å². The average molecular weight is 274 g/mol. The van der Waals surface area contributed by atoms with Crippen molar-refractivity contribution in [3.63, 3.8) is 0 Å². The fraction of sp³-hybridized carbons (Fsp3) is 0.0667. The monoisotopic (exact) mass is 274 g/mol. The topological polar surface area (TPSA) is 63.6 Å². The molecule has 1 N–H and O–H groups in total. The van der Waals surface area contributed by atoms with E-state index in [2.05, 4.69) is 0 Å². The van der Waals surface area contributed by atoms with E-state index in [0.29, 0.717) is 11.3 Å². The van der Waals surface area contributed by atoms with Crippen LogP contribution < -0.4 is 4.74 Å². The number of carbonyl (C=O) groups excluding carboxylic acids is 1. The van der Waals surface area contributed by atoms with Crippen LogP contribution in [0.4, 0.5) is 4.39 Å². The third-order valence-corrected chi connectivity index (χ3v) is 2.60. The summed E-state index contributed by atoms with van der Waals surface area (Å²) < 4.78 is 18.5. The Bertz CT molecular complexity index is 635. The summed E-state index contributed by atoms with van der Waals surface area (Å²) in [6, 6.07) is 11.6. The number of rotatable bonds is 5. The molecule has 0 heterocycles. The van der Waals surface area contributed by atoms with Gasteiger partial charge in [-0.15, -0.1) is 0 Å². The molecule has 2 aromatic carbocycles. The second-order valence-corrected chi connectivity index (χ2v) is 4.02. The maximum atomic E-state index is 13.5. The molecular weight excluding hydrogens is 263 g/mol. The molecule has 20 heavy (non-hydrogen) atoms. The first-order valence-corrected chi connectivity index (χ1v) is 5.82. The maximum absolute atomic E-state index is 13.5. The molecule has 0 saturated carbocycles. The summed E-state index contributed by atoms with van der Waals surface area (Å²) in [5.74, 6) is -1.77. The highest BCUT2D eigenvalue weighted by atomic mass is 19.1. The number of hydrogen-bond donors (Lipinski definition) is 1. The Balaban J connectivity index is 2.16. The molecule has 0 aliphatic heterocycles. The highest BCUT2D eigenvalue weighted by Crippen LogP contribution is 2.17. The summed E-state index contributed by atoms with van der Waals surface area (Å²) >= 11 is 0. The minimum atomic E-state index is -1.09. The zero-order chi connectivity index (χ0) is 14.5. The van der Waals surface area contributed by atoms with Crippen LogP contribution in [0.15, 0.2) is 48.5 Å². The van der Waals surface area contributed by atoms with Crippen molar-refractivity contribution in [2.75, 3.05) is 6.61 Å². The van der Waals surface area contributed by atoms with Gasteiger partial charge < -0.3 is 9.84 Å². The highest BCUT2D eigenvalue weighted by molar-refractivity contribution is 6.09. The second-order valence-electron chi connectivity index (χ2n) is 4.02. The minimum Gasteiger partial charge on any atom is -0.482 e. The second kappa shape index (κ2) is 5.97. The number of halogens is 1. The van der Waals surface area contributed by atoms with E-state index in [1.807, 2.05) is 0 Å². The molecule has 0 unspecified atom stereocenters. The molecule has 0 aliphatic rings. The highest BCUT2D eigenvalue weighted by Gasteiger charge is 2.13. The van der Waals surface area contributed by atoms with Crippen molar-refractivity contribution in [2.24, 2.45) is 0 Å². The van der Waals surface area contributed by atoms with Crippen LogP contribution in [0.1, 0.15) is 15.9 Å². The standard InChI is InChI=1S/C15H11FO4/c16-13-4-2-1-3-12(13)15(19)10-5-7-11(8-6-10)20-9-14(17)18/h1-8H,9H2,(H,17,18). The Labute approximate surface area is 114 Å². The summed E-state index contributed by atoms with van der Waals surface area (Å²) in [5.41, 5.74) is 0.296. The van der Waals surface area contributed by atoms with E-state index in [1.54, 1.807) is 6.07 Å². The van der Waals surface area contributed by atoms with Gasteiger partial charge in [-0.25, -0.2) is 9.18 Å². The predicted molar refractivity (Wildman–Crippen MR) is 69.4 cm³/mol. The summed E-state index contributed by atoms with van der Waals surface area (Å²) in [6.07, 6.45) is 0. The van der Waals surface area contributed by atoms with E-state index in [-0.39, 0.29) is 5.56 Å². The molecule has 0 aromatic heterocycles. The van der Waals surface area contributed by atoms with E-state index in [1.165, 1.54) is 42.5 Å². The Hall–Kier alpha value is -2.69. The fourth-order valence-electron chi connectivity index (χ4n) is 1.65.